The molecule has 2 aliphatic rings. The zero-order valence-corrected chi connectivity index (χ0v) is 12.5. The van der Waals surface area contributed by atoms with Gasteiger partial charge < -0.3 is 4.90 Å². The molecule has 1 amide bonds. The van der Waals surface area contributed by atoms with Gasteiger partial charge in [0.2, 0.25) is 5.91 Å². The minimum Gasteiger partial charge on any atom is -0.305 e. The highest BCUT2D eigenvalue weighted by Gasteiger charge is 2.32. The lowest BCUT2D eigenvalue weighted by molar-refractivity contribution is -0.118. The van der Waals surface area contributed by atoms with E-state index >= 15 is 0 Å². The first-order valence-electron chi connectivity index (χ1n) is 6.98. The Hall–Kier alpha value is -1.69. The average Bonchev–Trinajstić information content (AvgIpc) is 2.95. The van der Waals surface area contributed by atoms with Crippen molar-refractivity contribution in [1.29, 1.82) is 0 Å². The molecular weight excluding hydrogens is 272 g/mol. The zero-order valence-electron chi connectivity index (χ0n) is 11.6. The third-order valence-corrected chi connectivity index (χ3v) is 5.49. The quantitative estimate of drug-likeness (QED) is 0.746. The van der Waals surface area contributed by atoms with Crippen LogP contribution in [0.4, 0.5) is 5.00 Å². The SMILES string of the molecule is Cc1nc2n(n1)CC(=O)N(C)c1sc3c(c1-2)CCCC3. The Morgan fingerprint density at radius 2 is 2.05 bits per heavy atom. The number of thiophene rings is 1. The number of nitrogens with zero attached hydrogens (tertiary/aromatic N) is 4. The van der Waals surface area contributed by atoms with E-state index in [9.17, 15) is 4.79 Å². The van der Waals surface area contributed by atoms with Crippen molar-refractivity contribution >= 4 is 22.2 Å². The zero-order chi connectivity index (χ0) is 13.9. The Morgan fingerprint density at radius 3 is 2.90 bits per heavy atom. The van der Waals surface area contributed by atoms with Gasteiger partial charge >= 0.3 is 0 Å². The molecule has 2 aromatic heterocycles. The Kier molecular flexibility index (Phi) is 2.51. The fourth-order valence-corrected chi connectivity index (χ4v) is 4.48. The van der Waals surface area contributed by atoms with Crippen molar-refractivity contribution in [3.8, 4) is 11.4 Å². The molecule has 6 heteroatoms. The molecule has 3 heterocycles. The third-order valence-electron chi connectivity index (χ3n) is 4.12. The maximum absolute atomic E-state index is 12.3. The Balaban J connectivity index is 2.03. The molecular formula is C14H16N4OS. The highest BCUT2D eigenvalue weighted by molar-refractivity contribution is 7.17. The Morgan fingerprint density at radius 1 is 1.25 bits per heavy atom. The summed E-state index contributed by atoms with van der Waals surface area (Å²) in [6, 6.07) is 0. The van der Waals surface area contributed by atoms with Crippen LogP contribution in [0, 0.1) is 6.92 Å². The normalized spacial score (nSPS) is 17.5. The van der Waals surface area contributed by atoms with E-state index in [4.69, 9.17) is 0 Å². The number of likely N-dealkylation sites (N-methyl/N-ethyl adjacent to an activating group) is 1. The van der Waals surface area contributed by atoms with Crippen LogP contribution >= 0.6 is 11.3 Å². The molecule has 1 aliphatic heterocycles. The van der Waals surface area contributed by atoms with Crippen molar-refractivity contribution in [2.24, 2.45) is 0 Å². The molecule has 5 nitrogen and oxygen atoms in total. The second-order valence-corrected chi connectivity index (χ2v) is 6.57. The highest BCUT2D eigenvalue weighted by Crippen LogP contribution is 2.46. The first-order valence-corrected chi connectivity index (χ1v) is 7.79. The van der Waals surface area contributed by atoms with Crippen LogP contribution in [0.15, 0.2) is 0 Å². The first kappa shape index (κ1) is 12.1. The summed E-state index contributed by atoms with van der Waals surface area (Å²) in [5.41, 5.74) is 2.55. The van der Waals surface area contributed by atoms with Crippen molar-refractivity contribution in [2.45, 2.75) is 39.2 Å². The molecule has 2 aromatic rings. The molecule has 0 spiro atoms. The number of rotatable bonds is 0. The number of hydrogen-bond acceptors (Lipinski definition) is 4. The van der Waals surface area contributed by atoms with Gasteiger partial charge in [0.25, 0.3) is 0 Å². The van der Waals surface area contributed by atoms with Gasteiger partial charge in [-0.2, -0.15) is 5.10 Å². The van der Waals surface area contributed by atoms with E-state index in [1.807, 2.05) is 14.0 Å². The minimum atomic E-state index is 0.0773. The van der Waals surface area contributed by atoms with Crippen molar-refractivity contribution in [3.05, 3.63) is 16.3 Å². The van der Waals surface area contributed by atoms with Gasteiger partial charge in [0.05, 0.1) is 5.56 Å². The van der Waals surface area contributed by atoms with Crippen molar-refractivity contribution in [3.63, 3.8) is 0 Å². The fourth-order valence-electron chi connectivity index (χ4n) is 3.12. The van der Waals surface area contributed by atoms with E-state index in [2.05, 4.69) is 10.1 Å². The number of aromatic nitrogens is 3. The molecule has 0 fully saturated rings. The van der Waals surface area contributed by atoms with Gasteiger partial charge in [-0.15, -0.1) is 11.3 Å². The summed E-state index contributed by atoms with van der Waals surface area (Å²) >= 11 is 1.76. The molecule has 0 unspecified atom stereocenters. The van der Waals surface area contributed by atoms with Gasteiger partial charge in [-0.3, -0.25) is 4.79 Å². The lowest BCUT2D eigenvalue weighted by atomic mass is 9.95. The van der Waals surface area contributed by atoms with Gasteiger partial charge in [0, 0.05) is 11.9 Å². The van der Waals surface area contributed by atoms with Crippen molar-refractivity contribution in [1.82, 2.24) is 14.8 Å². The van der Waals surface area contributed by atoms with E-state index in [0.717, 1.165) is 35.1 Å². The lowest BCUT2D eigenvalue weighted by Gasteiger charge is -2.13. The van der Waals surface area contributed by atoms with Crippen molar-refractivity contribution in [2.75, 3.05) is 11.9 Å². The lowest BCUT2D eigenvalue weighted by Crippen LogP contribution is -2.28. The van der Waals surface area contributed by atoms with E-state index in [0.29, 0.717) is 0 Å². The molecule has 1 aliphatic carbocycles. The van der Waals surface area contributed by atoms with Crippen LogP contribution in [0.3, 0.4) is 0 Å². The summed E-state index contributed by atoms with van der Waals surface area (Å²) in [7, 11) is 1.86. The van der Waals surface area contributed by atoms with Crippen LogP contribution in [0.5, 0.6) is 0 Å². The minimum absolute atomic E-state index is 0.0773. The van der Waals surface area contributed by atoms with Gasteiger partial charge in [-0.25, -0.2) is 9.67 Å². The summed E-state index contributed by atoms with van der Waals surface area (Å²) in [4.78, 5) is 20.1. The smallest absolute Gasteiger partial charge is 0.249 e. The van der Waals surface area contributed by atoms with Crippen LogP contribution in [0.1, 0.15) is 29.1 Å². The Labute approximate surface area is 121 Å². The number of aryl methyl sites for hydroxylation is 2. The van der Waals surface area contributed by atoms with Crippen LogP contribution in [0.25, 0.3) is 11.4 Å². The molecule has 0 bridgehead atoms. The maximum Gasteiger partial charge on any atom is 0.249 e. The monoisotopic (exact) mass is 288 g/mol. The largest absolute Gasteiger partial charge is 0.305 e. The van der Waals surface area contributed by atoms with Crippen LogP contribution < -0.4 is 4.90 Å². The third kappa shape index (κ3) is 1.57. The van der Waals surface area contributed by atoms with E-state index in [-0.39, 0.29) is 12.5 Å². The van der Waals surface area contributed by atoms with Crippen LogP contribution in [-0.2, 0) is 24.2 Å². The van der Waals surface area contributed by atoms with E-state index in [1.165, 1.54) is 23.3 Å². The Bertz CT molecular complexity index is 715. The molecule has 0 atom stereocenters. The molecule has 0 radical (unpaired) electrons. The van der Waals surface area contributed by atoms with Gasteiger partial charge in [-0.05, 0) is 38.2 Å². The molecule has 0 aromatic carbocycles. The molecule has 20 heavy (non-hydrogen) atoms. The van der Waals surface area contributed by atoms with Gasteiger partial charge in [0.1, 0.15) is 17.4 Å². The predicted octanol–water partition coefficient (Wildman–Crippen LogP) is 2.17. The molecule has 0 N–H and O–H groups in total. The fraction of sp³-hybridized carbons (Fsp3) is 0.500. The second kappa shape index (κ2) is 4.15. The van der Waals surface area contributed by atoms with E-state index in [1.54, 1.807) is 20.9 Å². The summed E-state index contributed by atoms with van der Waals surface area (Å²) in [5.74, 6) is 1.68. The van der Waals surface area contributed by atoms with Gasteiger partial charge in [0.15, 0.2) is 5.82 Å². The molecule has 4 rings (SSSR count). The van der Waals surface area contributed by atoms with Crippen molar-refractivity contribution < 1.29 is 4.79 Å². The highest BCUT2D eigenvalue weighted by atomic mass is 32.1. The molecule has 104 valence electrons. The predicted molar refractivity (Wildman–Crippen MR) is 78.1 cm³/mol. The second-order valence-electron chi connectivity index (χ2n) is 5.48. The number of carbonyl (C=O) groups excluding carboxylic acids is 1. The number of amides is 1. The van der Waals surface area contributed by atoms with E-state index < -0.39 is 0 Å². The van der Waals surface area contributed by atoms with Crippen LogP contribution in [0.2, 0.25) is 0 Å². The number of carbonyl (C=O) groups is 1. The number of fused-ring (bicyclic) bond motifs is 5. The summed E-state index contributed by atoms with van der Waals surface area (Å²) in [5, 5.41) is 5.44. The summed E-state index contributed by atoms with van der Waals surface area (Å²) in [6.07, 6.45) is 4.69. The standard InChI is InChI=1S/C14H16N4OS/c1-8-15-13-12-9-5-3-4-6-10(9)20-14(12)17(2)11(19)7-18(13)16-8/h3-7H2,1-2H3. The summed E-state index contributed by atoms with van der Waals surface area (Å²) in [6.45, 7) is 2.16. The van der Waals surface area contributed by atoms with Gasteiger partial charge in [-0.1, -0.05) is 0 Å². The number of anilines is 1. The first-order chi connectivity index (χ1) is 9.65. The average molecular weight is 288 g/mol. The maximum atomic E-state index is 12.3. The molecule has 0 saturated heterocycles. The number of hydrogen-bond donors (Lipinski definition) is 0. The summed E-state index contributed by atoms with van der Waals surface area (Å²) < 4.78 is 1.77. The topological polar surface area (TPSA) is 51.0 Å². The van der Waals surface area contributed by atoms with Crippen LogP contribution in [-0.4, -0.2) is 27.7 Å². The molecule has 0 saturated carbocycles.